The van der Waals surface area contributed by atoms with Gasteiger partial charge in [-0.3, -0.25) is 0 Å². The topological polar surface area (TPSA) is 0 Å². The molecule has 0 fully saturated rings. The zero-order chi connectivity index (χ0) is 9.19. The molecule has 0 bridgehead atoms. The fraction of sp³-hybridized carbons (Fsp3) is 0.455. The van der Waals surface area contributed by atoms with Gasteiger partial charge in [0.05, 0.1) is 4.87 Å². The fourth-order valence-electron chi connectivity index (χ4n) is 1.11. The highest BCUT2D eigenvalue weighted by atomic mass is 35.5. The number of benzene rings is 1. The number of rotatable bonds is 2. The van der Waals surface area contributed by atoms with Crippen LogP contribution in [0.25, 0.3) is 0 Å². The van der Waals surface area contributed by atoms with Gasteiger partial charge >= 0.3 is 0 Å². The zero-order valence-corrected chi connectivity index (χ0v) is 8.65. The minimum absolute atomic E-state index is 0.201. The molecule has 1 unspecified atom stereocenters. The Hall–Kier alpha value is -0.490. The summed E-state index contributed by atoms with van der Waals surface area (Å²) in [6.07, 6.45) is 0.956. The van der Waals surface area contributed by atoms with Crippen molar-refractivity contribution in [2.75, 3.05) is 0 Å². The number of hydrogen-bond donors (Lipinski definition) is 0. The van der Waals surface area contributed by atoms with Gasteiger partial charge in [-0.1, -0.05) is 36.8 Å². The number of alkyl halides is 1. The Morgan fingerprint density at radius 1 is 1.25 bits per heavy atom. The Labute approximate surface area is 79.6 Å². The van der Waals surface area contributed by atoms with Gasteiger partial charge < -0.3 is 0 Å². The third-order valence-corrected chi connectivity index (χ3v) is 2.80. The SMILES string of the molecule is CCC(C)(Cl)c1ccc(C)cc1. The van der Waals surface area contributed by atoms with Crippen LogP contribution in [0.3, 0.4) is 0 Å². The van der Waals surface area contributed by atoms with E-state index < -0.39 is 0 Å². The molecule has 0 nitrogen and oxygen atoms in total. The molecule has 1 atom stereocenters. The van der Waals surface area contributed by atoms with E-state index in [0.717, 1.165) is 6.42 Å². The van der Waals surface area contributed by atoms with E-state index >= 15 is 0 Å². The summed E-state index contributed by atoms with van der Waals surface area (Å²) in [6.45, 7) is 6.24. The minimum atomic E-state index is -0.201. The van der Waals surface area contributed by atoms with Crippen molar-refractivity contribution in [1.82, 2.24) is 0 Å². The lowest BCUT2D eigenvalue weighted by Gasteiger charge is -2.20. The van der Waals surface area contributed by atoms with Crippen molar-refractivity contribution in [1.29, 1.82) is 0 Å². The first-order chi connectivity index (χ1) is 5.56. The van der Waals surface area contributed by atoms with Crippen molar-refractivity contribution in [3.05, 3.63) is 35.4 Å². The van der Waals surface area contributed by atoms with Crippen LogP contribution >= 0.6 is 11.6 Å². The molecule has 1 rings (SSSR count). The average Bonchev–Trinajstić information content (AvgIpc) is 2.05. The molecule has 1 aromatic rings. The summed E-state index contributed by atoms with van der Waals surface area (Å²) < 4.78 is 0. The number of halogens is 1. The standard InChI is InChI=1S/C11H15Cl/c1-4-11(3,12)10-7-5-9(2)6-8-10/h5-8H,4H2,1-3H3. The monoisotopic (exact) mass is 182 g/mol. The predicted octanol–water partition coefficient (Wildman–Crippen LogP) is 3.86. The van der Waals surface area contributed by atoms with Crippen LogP contribution in [-0.4, -0.2) is 0 Å². The number of hydrogen-bond acceptors (Lipinski definition) is 0. The van der Waals surface area contributed by atoms with Crippen LogP contribution in [0, 0.1) is 6.92 Å². The van der Waals surface area contributed by atoms with Gasteiger partial charge in [0.1, 0.15) is 0 Å². The second-order valence-corrected chi connectivity index (χ2v) is 4.25. The maximum atomic E-state index is 6.30. The normalized spacial score (nSPS) is 15.7. The summed E-state index contributed by atoms with van der Waals surface area (Å²) in [6, 6.07) is 8.41. The largest absolute Gasteiger partial charge is 0.114 e. The highest BCUT2D eigenvalue weighted by Crippen LogP contribution is 2.31. The van der Waals surface area contributed by atoms with Crippen molar-refractivity contribution in [2.45, 2.75) is 32.1 Å². The molecule has 0 N–H and O–H groups in total. The molecule has 0 saturated heterocycles. The van der Waals surface area contributed by atoms with Crippen LogP contribution in [0.4, 0.5) is 0 Å². The molecule has 0 aliphatic carbocycles. The molecular weight excluding hydrogens is 168 g/mol. The van der Waals surface area contributed by atoms with E-state index in [1.807, 2.05) is 0 Å². The van der Waals surface area contributed by atoms with Crippen LogP contribution in [0.2, 0.25) is 0 Å². The summed E-state index contributed by atoms with van der Waals surface area (Å²) in [5, 5.41) is 0. The lowest BCUT2D eigenvalue weighted by molar-refractivity contribution is 0.650. The summed E-state index contributed by atoms with van der Waals surface area (Å²) >= 11 is 6.30. The van der Waals surface area contributed by atoms with Crippen molar-refractivity contribution in [2.24, 2.45) is 0 Å². The molecule has 1 aromatic carbocycles. The Kier molecular flexibility index (Phi) is 2.79. The lowest BCUT2D eigenvalue weighted by atomic mass is 9.97. The Balaban J connectivity index is 2.96. The van der Waals surface area contributed by atoms with Crippen LogP contribution in [0.15, 0.2) is 24.3 Å². The summed E-state index contributed by atoms with van der Waals surface area (Å²) in [4.78, 5) is -0.201. The first-order valence-corrected chi connectivity index (χ1v) is 4.70. The fourth-order valence-corrected chi connectivity index (χ4v) is 1.23. The third kappa shape index (κ3) is 2.01. The van der Waals surface area contributed by atoms with Gasteiger partial charge in [0, 0.05) is 0 Å². The Bertz CT molecular complexity index is 246. The summed E-state index contributed by atoms with van der Waals surface area (Å²) in [5.41, 5.74) is 2.49. The van der Waals surface area contributed by atoms with Gasteiger partial charge in [0.25, 0.3) is 0 Å². The molecule has 0 heterocycles. The van der Waals surface area contributed by atoms with E-state index in [4.69, 9.17) is 11.6 Å². The molecule has 66 valence electrons. The van der Waals surface area contributed by atoms with Gasteiger partial charge in [0.2, 0.25) is 0 Å². The second kappa shape index (κ2) is 3.49. The molecule has 0 amide bonds. The molecule has 0 radical (unpaired) electrons. The van der Waals surface area contributed by atoms with E-state index in [1.165, 1.54) is 11.1 Å². The van der Waals surface area contributed by atoms with Crippen LogP contribution in [0.1, 0.15) is 31.4 Å². The molecule has 0 spiro atoms. The lowest BCUT2D eigenvalue weighted by Crippen LogP contribution is -2.11. The van der Waals surface area contributed by atoms with Crippen LogP contribution < -0.4 is 0 Å². The van der Waals surface area contributed by atoms with Crippen LogP contribution in [0.5, 0.6) is 0 Å². The van der Waals surface area contributed by atoms with Gasteiger partial charge in [0.15, 0.2) is 0 Å². The average molecular weight is 183 g/mol. The highest BCUT2D eigenvalue weighted by Gasteiger charge is 2.19. The molecule has 0 saturated carbocycles. The number of aryl methyl sites for hydroxylation is 1. The van der Waals surface area contributed by atoms with E-state index in [0.29, 0.717) is 0 Å². The Morgan fingerprint density at radius 2 is 1.75 bits per heavy atom. The quantitative estimate of drug-likeness (QED) is 0.610. The molecular formula is C11H15Cl. The van der Waals surface area contributed by atoms with Gasteiger partial charge in [-0.2, -0.15) is 0 Å². The Morgan fingerprint density at radius 3 is 2.17 bits per heavy atom. The first-order valence-electron chi connectivity index (χ1n) is 4.32. The van der Waals surface area contributed by atoms with Crippen molar-refractivity contribution < 1.29 is 0 Å². The molecule has 0 aromatic heterocycles. The second-order valence-electron chi connectivity index (χ2n) is 3.42. The van der Waals surface area contributed by atoms with E-state index in [9.17, 15) is 0 Å². The van der Waals surface area contributed by atoms with Crippen molar-refractivity contribution in [3.8, 4) is 0 Å². The maximum absolute atomic E-state index is 6.30. The third-order valence-electron chi connectivity index (χ3n) is 2.32. The maximum Gasteiger partial charge on any atom is 0.0664 e. The van der Waals surface area contributed by atoms with Crippen molar-refractivity contribution in [3.63, 3.8) is 0 Å². The molecule has 1 heteroatoms. The smallest absolute Gasteiger partial charge is 0.0664 e. The molecule has 0 aliphatic rings. The van der Waals surface area contributed by atoms with E-state index in [1.54, 1.807) is 0 Å². The van der Waals surface area contributed by atoms with Gasteiger partial charge in [-0.15, -0.1) is 11.6 Å². The predicted molar refractivity (Wildman–Crippen MR) is 54.7 cm³/mol. The van der Waals surface area contributed by atoms with E-state index in [2.05, 4.69) is 45.0 Å². The van der Waals surface area contributed by atoms with Gasteiger partial charge in [-0.25, -0.2) is 0 Å². The summed E-state index contributed by atoms with van der Waals surface area (Å²) in [7, 11) is 0. The summed E-state index contributed by atoms with van der Waals surface area (Å²) in [5.74, 6) is 0. The zero-order valence-electron chi connectivity index (χ0n) is 7.89. The molecule has 12 heavy (non-hydrogen) atoms. The van der Waals surface area contributed by atoms with Gasteiger partial charge in [-0.05, 0) is 25.8 Å². The highest BCUT2D eigenvalue weighted by molar-refractivity contribution is 6.23. The first kappa shape index (κ1) is 9.60. The van der Waals surface area contributed by atoms with Crippen LogP contribution in [-0.2, 0) is 4.87 Å². The van der Waals surface area contributed by atoms with Crippen molar-refractivity contribution >= 4 is 11.6 Å². The minimum Gasteiger partial charge on any atom is -0.114 e. The molecule has 0 aliphatic heterocycles. The van der Waals surface area contributed by atoms with E-state index in [-0.39, 0.29) is 4.87 Å².